The van der Waals surface area contributed by atoms with Crippen molar-refractivity contribution in [1.29, 1.82) is 0 Å². The number of nitrogens with two attached hydrogens (primary N) is 1. The molecule has 0 atom stereocenters. The Bertz CT molecular complexity index is 217. The lowest BCUT2D eigenvalue weighted by atomic mass is 10.2. The Balaban J connectivity index is 4.11. The van der Waals surface area contributed by atoms with Gasteiger partial charge in [-0.15, -0.1) is 0 Å². The molecular weight excluding hydrogens is 154 g/mol. The quantitative estimate of drug-likeness (QED) is 0.376. The molecule has 3 nitrogen and oxygen atoms in total. The van der Waals surface area contributed by atoms with Gasteiger partial charge in [-0.3, -0.25) is 4.79 Å². The standard InChI is InChI=1S/C9H13NO2/c1-2-8(9(10)12)6-4-3-5-7-11/h3-4,6-7H,2,5H2,1H3,(H2,10,12). The van der Waals surface area contributed by atoms with Crippen molar-refractivity contribution in [1.82, 2.24) is 0 Å². The largest absolute Gasteiger partial charge is 0.366 e. The molecule has 1 amide bonds. The van der Waals surface area contributed by atoms with E-state index in [0.29, 0.717) is 18.4 Å². The van der Waals surface area contributed by atoms with Gasteiger partial charge in [0.1, 0.15) is 6.29 Å². The Kier molecular flexibility index (Phi) is 5.61. The van der Waals surface area contributed by atoms with E-state index in [9.17, 15) is 9.59 Å². The van der Waals surface area contributed by atoms with E-state index in [2.05, 4.69) is 0 Å². The van der Waals surface area contributed by atoms with Crippen LogP contribution >= 0.6 is 0 Å². The molecule has 2 N–H and O–H groups in total. The van der Waals surface area contributed by atoms with Gasteiger partial charge in [0, 0.05) is 12.0 Å². The third-order valence-electron chi connectivity index (χ3n) is 1.36. The normalized spacial score (nSPS) is 11.9. The summed E-state index contributed by atoms with van der Waals surface area (Å²) in [6, 6.07) is 0. The third-order valence-corrected chi connectivity index (χ3v) is 1.36. The molecule has 0 bridgehead atoms. The van der Waals surface area contributed by atoms with E-state index in [1.807, 2.05) is 6.92 Å². The van der Waals surface area contributed by atoms with Crippen LogP contribution in [0.15, 0.2) is 23.8 Å². The van der Waals surface area contributed by atoms with E-state index in [4.69, 9.17) is 5.73 Å². The summed E-state index contributed by atoms with van der Waals surface area (Å²) in [4.78, 5) is 20.5. The Morgan fingerprint density at radius 3 is 2.58 bits per heavy atom. The Morgan fingerprint density at radius 1 is 1.50 bits per heavy atom. The maximum Gasteiger partial charge on any atom is 0.244 e. The van der Waals surface area contributed by atoms with Gasteiger partial charge in [-0.05, 0) is 6.42 Å². The molecule has 0 unspecified atom stereocenters. The number of carbonyl (C=O) groups is 2. The summed E-state index contributed by atoms with van der Waals surface area (Å²) in [6.45, 7) is 1.85. The summed E-state index contributed by atoms with van der Waals surface area (Å²) in [5.41, 5.74) is 5.62. The number of amides is 1. The lowest BCUT2D eigenvalue weighted by Gasteiger charge is -1.94. The lowest BCUT2D eigenvalue weighted by molar-refractivity contribution is -0.114. The van der Waals surface area contributed by atoms with Gasteiger partial charge in [0.2, 0.25) is 5.91 Å². The first-order chi connectivity index (χ1) is 5.72. The molecular formula is C9H13NO2. The monoisotopic (exact) mass is 167 g/mol. The van der Waals surface area contributed by atoms with Crippen molar-refractivity contribution in [3.8, 4) is 0 Å². The van der Waals surface area contributed by atoms with E-state index < -0.39 is 5.91 Å². The number of hydrogen-bond acceptors (Lipinski definition) is 2. The first-order valence-corrected chi connectivity index (χ1v) is 3.81. The topological polar surface area (TPSA) is 60.2 Å². The zero-order chi connectivity index (χ0) is 9.40. The molecule has 0 spiro atoms. The van der Waals surface area contributed by atoms with Crippen molar-refractivity contribution in [2.75, 3.05) is 0 Å². The summed E-state index contributed by atoms with van der Waals surface area (Å²) < 4.78 is 0. The van der Waals surface area contributed by atoms with Crippen molar-refractivity contribution in [2.24, 2.45) is 5.73 Å². The molecule has 0 aromatic carbocycles. The second-order valence-electron chi connectivity index (χ2n) is 2.24. The minimum Gasteiger partial charge on any atom is -0.366 e. The van der Waals surface area contributed by atoms with E-state index in [0.717, 1.165) is 6.29 Å². The second-order valence-corrected chi connectivity index (χ2v) is 2.24. The molecule has 0 aliphatic carbocycles. The van der Waals surface area contributed by atoms with Crippen molar-refractivity contribution in [3.05, 3.63) is 23.8 Å². The average Bonchev–Trinajstić information content (AvgIpc) is 2.04. The smallest absolute Gasteiger partial charge is 0.244 e. The zero-order valence-corrected chi connectivity index (χ0v) is 7.12. The van der Waals surface area contributed by atoms with Gasteiger partial charge in [-0.2, -0.15) is 0 Å². The number of aldehydes is 1. The summed E-state index contributed by atoms with van der Waals surface area (Å²) in [7, 11) is 0. The molecule has 66 valence electrons. The van der Waals surface area contributed by atoms with Crippen LogP contribution in [0.4, 0.5) is 0 Å². The molecule has 0 saturated carbocycles. The first kappa shape index (κ1) is 10.6. The maximum atomic E-state index is 10.6. The van der Waals surface area contributed by atoms with Gasteiger partial charge in [-0.25, -0.2) is 0 Å². The van der Waals surface area contributed by atoms with Gasteiger partial charge in [0.15, 0.2) is 0 Å². The predicted octanol–water partition coefficient (Wildman–Crippen LogP) is 0.953. The molecule has 0 aromatic rings. The van der Waals surface area contributed by atoms with E-state index in [-0.39, 0.29) is 0 Å². The zero-order valence-electron chi connectivity index (χ0n) is 7.12. The number of hydrogen-bond donors (Lipinski definition) is 1. The van der Waals surface area contributed by atoms with Gasteiger partial charge in [0.05, 0.1) is 0 Å². The maximum absolute atomic E-state index is 10.6. The highest BCUT2D eigenvalue weighted by Crippen LogP contribution is 1.99. The molecule has 0 aromatic heterocycles. The Labute approximate surface area is 71.9 Å². The second kappa shape index (κ2) is 6.34. The van der Waals surface area contributed by atoms with Crippen molar-refractivity contribution in [3.63, 3.8) is 0 Å². The van der Waals surface area contributed by atoms with Crippen LogP contribution in [-0.4, -0.2) is 12.2 Å². The fraction of sp³-hybridized carbons (Fsp3) is 0.333. The summed E-state index contributed by atoms with van der Waals surface area (Å²) in [5.74, 6) is -0.409. The Morgan fingerprint density at radius 2 is 2.17 bits per heavy atom. The van der Waals surface area contributed by atoms with Crippen molar-refractivity contribution < 1.29 is 9.59 Å². The van der Waals surface area contributed by atoms with Crippen LogP contribution in [0.25, 0.3) is 0 Å². The van der Waals surface area contributed by atoms with E-state index >= 15 is 0 Å². The average molecular weight is 167 g/mol. The van der Waals surface area contributed by atoms with Crippen LogP contribution in [0.5, 0.6) is 0 Å². The summed E-state index contributed by atoms with van der Waals surface area (Å²) in [6.07, 6.45) is 6.74. The molecule has 0 aliphatic rings. The van der Waals surface area contributed by atoms with E-state index in [1.165, 1.54) is 0 Å². The Hall–Kier alpha value is -1.38. The summed E-state index contributed by atoms with van der Waals surface area (Å²) >= 11 is 0. The molecule has 12 heavy (non-hydrogen) atoms. The van der Waals surface area contributed by atoms with Crippen LogP contribution < -0.4 is 5.73 Å². The van der Waals surface area contributed by atoms with Crippen LogP contribution in [0.3, 0.4) is 0 Å². The predicted molar refractivity (Wildman–Crippen MR) is 47.4 cm³/mol. The van der Waals surface area contributed by atoms with Crippen molar-refractivity contribution >= 4 is 12.2 Å². The van der Waals surface area contributed by atoms with Crippen LogP contribution in [0.1, 0.15) is 19.8 Å². The number of carbonyl (C=O) groups excluding carboxylic acids is 2. The number of rotatable bonds is 5. The third kappa shape index (κ3) is 4.44. The van der Waals surface area contributed by atoms with Crippen LogP contribution in [0.2, 0.25) is 0 Å². The molecule has 3 heteroatoms. The van der Waals surface area contributed by atoms with Crippen molar-refractivity contribution in [2.45, 2.75) is 19.8 Å². The molecule has 0 aliphatic heterocycles. The minimum atomic E-state index is -0.409. The highest BCUT2D eigenvalue weighted by molar-refractivity contribution is 5.92. The van der Waals surface area contributed by atoms with E-state index in [1.54, 1.807) is 18.2 Å². The molecule has 0 radical (unpaired) electrons. The fourth-order valence-electron chi connectivity index (χ4n) is 0.693. The summed E-state index contributed by atoms with van der Waals surface area (Å²) in [5, 5.41) is 0. The highest BCUT2D eigenvalue weighted by Gasteiger charge is 1.97. The lowest BCUT2D eigenvalue weighted by Crippen LogP contribution is -2.12. The van der Waals surface area contributed by atoms with Gasteiger partial charge >= 0.3 is 0 Å². The van der Waals surface area contributed by atoms with Crippen LogP contribution in [0, 0.1) is 0 Å². The SMILES string of the molecule is CCC(=CC=CCC=O)C(N)=O. The van der Waals surface area contributed by atoms with Gasteiger partial charge in [-0.1, -0.05) is 25.2 Å². The molecule has 0 heterocycles. The number of allylic oxidation sites excluding steroid dienone is 3. The molecule has 0 fully saturated rings. The fourth-order valence-corrected chi connectivity index (χ4v) is 0.693. The minimum absolute atomic E-state index is 0.367. The van der Waals surface area contributed by atoms with Gasteiger partial charge in [0.25, 0.3) is 0 Å². The number of primary amides is 1. The van der Waals surface area contributed by atoms with Gasteiger partial charge < -0.3 is 10.5 Å². The first-order valence-electron chi connectivity index (χ1n) is 3.81. The molecule has 0 saturated heterocycles. The molecule has 0 rings (SSSR count). The highest BCUT2D eigenvalue weighted by atomic mass is 16.1. The van der Waals surface area contributed by atoms with Crippen LogP contribution in [-0.2, 0) is 9.59 Å².